The molecule has 1 aliphatic rings. The number of urea groups is 1. The number of rotatable bonds is 5. The van der Waals surface area contributed by atoms with E-state index in [2.05, 4.69) is 23.5 Å². The van der Waals surface area contributed by atoms with Gasteiger partial charge in [0.15, 0.2) is 11.7 Å². The molecular weight excluding hydrogens is 288 g/mol. The third-order valence-electron chi connectivity index (χ3n) is 3.13. The van der Waals surface area contributed by atoms with E-state index in [1.807, 2.05) is 0 Å². The number of halogens is 2. The first-order chi connectivity index (χ1) is 10.4. The minimum absolute atomic E-state index is 0.0639. The third kappa shape index (κ3) is 6.03. The van der Waals surface area contributed by atoms with Crippen LogP contribution in [0.5, 0.6) is 0 Å². The van der Waals surface area contributed by atoms with E-state index in [0.717, 1.165) is 18.9 Å². The summed E-state index contributed by atoms with van der Waals surface area (Å²) in [4.78, 5) is 18.1. The highest BCUT2D eigenvalue weighted by Crippen LogP contribution is 2.14. The standard InChI is InChI=1S/C16H21F2N3O/c1-4-9-19-14-6-5-10-21(11-14)16(22)20-12(2)7-8-15(18)13(3)17/h4,7-9,14H,1,3,5-6,10-11H2,2H3,(H,20,22)/b12-7+,15-8+,19-9?. The van der Waals surface area contributed by atoms with E-state index in [1.165, 1.54) is 6.08 Å². The summed E-state index contributed by atoms with van der Waals surface area (Å²) in [6, 6.07) is -0.214. The van der Waals surface area contributed by atoms with Gasteiger partial charge in [0.2, 0.25) is 0 Å². The van der Waals surface area contributed by atoms with Crippen LogP contribution in [0.4, 0.5) is 13.6 Å². The quantitative estimate of drug-likeness (QED) is 0.611. The van der Waals surface area contributed by atoms with Crippen molar-refractivity contribution in [3.05, 3.63) is 48.7 Å². The molecule has 0 aliphatic carbocycles. The van der Waals surface area contributed by atoms with Crippen LogP contribution in [0.15, 0.2) is 53.7 Å². The van der Waals surface area contributed by atoms with Gasteiger partial charge in [0.05, 0.1) is 6.04 Å². The molecule has 1 saturated heterocycles. The van der Waals surface area contributed by atoms with Crippen molar-refractivity contribution in [2.24, 2.45) is 4.99 Å². The molecule has 1 rings (SSSR count). The predicted octanol–water partition coefficient (Wildman–Crippen LogP) is 3.66. The highest BCUT2D eigenvalue weighted by atomic mass is 19.2. The van der Waals surface area contributed by atoms with E-state index < -0.39 is 11.7 Å². The Bertz CT molecular complexity index is 523. The van der Waals surface area contributed by atoms with E-state index in [4.69, 9.17) is 0 Å². The van der Waals surface area contributed by atoms with Gasteiger partial charge in [0.1, 0.15) is 0 Å². The Morgan fingerprint density at radius 1 is 1.41 bits per heavy atom. The number of allylic oxidation sites excluding steroid dienone is 6. The number of carbonyl (C=O) groups excluding carboxylic acids is 1. The maximum Gasteiger partial charge on any atom is 0.321 e. The van der Waals surface area contributed by atoms with Crippen LogP contribution in [-0.2, 0) is 0 Å². The molecule has 0 aromatic rings. The van der Waals surface area contributed by atoms with E-state index in [1.54, 1.807) is 24.1 Å². The molecule has 6 heteroatoms. The van der Waals surface area contributed by atoms with Crippen molar-refractivity contribution >= 4 is 12.2 Å². The molecule has 1 N–H and O–H groups in total. The summed E-state index contributed by atoms with van der Waals surface area (Å²) >= 11 is 0. The zero-order valence-electron chi connectivity index (χ0n) is 12.7. The van der Waals surface area contributed by atoms with Gasteiger partial charge < -0.3 is 10.2 Å². The van der Waals surface area contributed by atoms with E-state index in [9.17, 15) is 13.6 Å². The minimum Gasteiger partial charge on any atom is -0.322 e. The van der Waals surface area contributed by atoms with Crippen molar-refractivity contribution in [1.82, 2.24) is 10.2 Å². The van der Waals surface area contributed by atoms with Crippen LogP contribution in [-0.4, -0.2) is 36.3 Å². The zero-order chi connectivity index (χ0) is 16.5. The van der Waals surface area contributed by atoms with Crippen molar-refractivity contribution in [3.63, 3.8) is 0 Å². The molecule has 1 heterocycles. The van der Waals surface area contributed by atoms with Crippen molar-refractivity contribution in [3.8, 4) is 0 Å². The van der Waals surface area contributed by atoms with Gasteiger partial charge in [-0.1, -0.05) is 19.2 Å². The Kier molecular flexibility index (Phi) is 7.22. The SMILES string of the molecule is C=CC=NC1CCCN(C(=O)N/C(C)=C/C=C(/F)C(=C)F)C1. The summed E-state index contributed by atoms with van der Waals surface area (Å²) in [7, 11) is 0. The third-order valence-corrected chi connectivity index (χ3v) is 3.13. The fourth-order valence-electron chi connectivity index (χ4n) is 2.02. The second kappa shape index (κ2) is 8.92. The Morgan fingerprint density at radius 2 is 2.14 bits per heavy atom. The molecule has 0 saturated carbocycles. The molecule has 0 aromatic heterocycles. The monoisotopic (exact) mass is 309 g/mol. The molecule has 0 bridgehead atoms. The average molecular weight is 309 g/mol. The number of hydrogen-bond acceptors (Lipinski definition) is 2. The van der Waals surface area contributed by atoms with Crippen LogP contribution in [0.3, 0.4) is 0 Å². The molecule has 1 atom stereocenters. The lowest BCUT2D eigenvalue weighted by molar-refractivity contribution is 0.183. The molecule has 120 valence electrons. The topological polar surface area (TPSA) is 44.7 Å². The van der Waals surface area contributed by atoms with Crippen LogP contribution < -0.4 is 5.32 Å². The molecule has 1 aliphatic heterocycles. The molecule has 0 aromatic carbocycles. The van der Waals surface area contributed by atoms with Gasteiger partial charge in [-0.2, -0.15) is 0 Å². The minimum atomic E-state index is -1.14. The largest absolute Gasteiger partial charge is 0.322 e. The van der Waals surface area contributed by atoms with Crippen molar-refractivity contribution in [1.29, 1.82) is 0 Å². The first-order valence-corrected chi connectivity index (χ1v) is 7.03. The summed E-state index contributed by atoms with van der Waals surface area (Å²) < 4.78 is 25.4. The highest BCUT2D eigenvalue weighted by Gasteiger charge is 2.22. The van der Waals surface area contributed by atoms with E-state index in [-0.39, 0.29) is 12.1 Å². The lowest BCUT2D eigenvalue weighted by atomic mass is 10.1. The molecule has 1 fully saturated rings. The van der Waals surface area contributed by atoms with Gasteiger partial charge in [-0.25, -0.2) is 13.6 Å². The maximum absolute atomic E-state index is 12.9. The zero-order valence-corrected chi connectivity index (χ0v) is 12.7. The Balaban J connectivity index is 2.58. The number of aliphatic imine (C=N–C) groups is 1. The normalized spacial score (nSPS) is 20.1. The van der Waals surface area contributed by atoms with Gasteiger partial charge >= 0.3 is 6.03 Å². The lowest BCUT2D eigenvalue weighted by Gasteiger charge is -2.30. The van der Waals surface area contributed by atoms with Crippen LogP contribution in [0, 0.1) is 0 Å². The van der Waals surface area contributed by atoms with Crippen molar-refractivity contribution in [2.75, 3.05) is 13.1 Å². The first kappa shape index (κ1) is 17.8. The molecule has 0 radical (unpaired) electrons. The summed E-state index contributed by atoms with van der Waals surface area (Å²) in [6.07, 6.45) is 7.24. The second-order valence-corrected chi connectivity index (χ2v) is 4.98. The Morgan fingerprint density at radius 3 is 2.77 bits per heavy atom. The fraction of sp³-hybridized carbons (Fsp3) is 0.375. The Labute approximate surface area is 129 Å². The highest BCUT2D eigenvalue weighted by molar-refractivity contribution is 5.76. The van der Waals surface area contributed by atoms with Gasteiger partial charge in [0, 0.05) is 25.0 Å². The van der Waals surface area contributed by atoms with E-state index in [0.29, 0.717) is 18.8 Å². The number of hydrogen-bond donors (Lipinski definition) is 1. The molecule has 2 amide bonds. The number of nitrogens with zero attached hydrogens (tertiary/aromatic N) is 2. The van der Waals surface area contributed by atoms with E-state index >= 15 is 0 Å². The summed E-state index contributed by atoms with van der Waals surface area (Å²) in [5.74, 6) is -2.21. The van der Waals surface area contributed by atoms with Gasteiger partial charge in [-0.05, 0) is 31.9 Å². The van der Waals surface area contributed by atoms with Crippen LogP contribution in [0.2, 0.25) is 0 Å². The summed E-state index contributed by atoms with van der Waals surface area (Å²) in [6.45, 7) is 9.18. The smallest absolute Gasteiger partial charge is 0.321 e. The number of amides is 2. The predicted molar refractivity (Wildman–Crippen MR) is 85.0 cm³/mol. The second-order valence-electron chi connectivity index (χ2n) is 4.98. The van der Waals surface area contributed by atoms with Gasteiger partial charge in [-0.15, -0.1) is 0 Å². The molecule has 1 unspecified atom stereocenters. The van der Waals surface area contributed by atoms with Crippen LogP contribution in [0.1, 0.15) is 19.8 Å². The average Bonchev–Trinajstić information content (AvgIpc) is 2.50. The maximum atomic E-state index is 12.9. The molecular formula is C16H21F2N3O. The van der Waals surface area contributed by atoms with Gasteiger partial charge in [-0.3, -0.25) is 4.99 Å². The number of piperidine rings is 1. The summed E-state index contributed by atoms with van der Waals surface area (Å²) in [5.41, 5.74) is 0.415. The fourth-order valence-corrected chi connectivity index (χ4v) is 2.02. The number of nitrogens with one attached hydrogen (secondary N) is 1. The van der Waals surface area contributed by atoms with Crippen molar-refractivity contribution in [2.45, 2.75) is 25.8 Å². The van der Waals surface area contributed by atoms with Crippen LogP contribution >= 0.6 is 0 Å². The number of carbonyl (C=O) groups is 1. The first-order valence-electron chi connectivity index (χ1n) is 7.03. The molecule has 22 heavy (non-hydrogen) atoms. The lowest BCUT2D eigenvalue weighted by Crippen LogP contribution is -2.46. The molecule has 0 spiro atoms. The van der Waals surface area contributed by atoms with Gasteiger partial charge in [0.25, 0.3) is 0 Å². The van der Waals surface area contributed by atoms with Crippen molar-refractivity contribution < 1.29 is 13.6 Å². The number of likely N-dealkylation sites (tertiary alicyclic amines) is 1. The van der Waals surface area contributed by atoms with Crippen LogP contribution in [0.25, 0.3) is 0 Å². The Hall–Kier alpha value is -2.24. The summed E-state index contributed by atoms with van der Waals surface area (Å²) in [5, 5.41) is 2.63. The molecule has 4 nitrogen and oxygen atoms in total.